The highest BCUT2D eigenvalue weighted by molar-refractivity contribution is 5.90. The van der Waals surface area contributed by atoms with E-state index in [2.05, 4.69) is 0 Å². The molecule has 0 aliphatic heterocycles. The normalized spacial score (nSPS) is 10.5. The summed E-state index contributed by atoms with van der Waals surface area (Å²) >= 11 is 0. The molecule has 0 aliphatic carbocycles. The fourth-order valence-corrected chi connectivity index (χ4v) is 1.23. The summed E-state index contributed by atoms with van der Waals surface area (Å²) in [5.74, 6) is -2.76. The summed E-state index contributed by atoms with van der Waals surface area (Å²) in [6, 6.07) is 1.44. The van der Waals surface area contributed by atoms with Gasteiger partial charge in [0.15, 0.2) is 0 Å². The molecule has 0 saturated heterocycles. The molecule has 0 radical (unpaired) electrons. The van der Waals surface area contributed by atoms with Gasteiger partial charge >= 0.3 is 5.97 Å². The van der Waals surface area contributed by atoms with Gasteiger partial charge in [-0.3, -0.25) is 0 Å². The van der Waals surface area contributed by atoms with Crippen LogP contribution in [0.2, 0.25) is 0 Å². The van der Waals surface area contributed by atoms with Crippen LogP contribution in [0.1, 0.15) is 10.4 Å². The third-order valence-corrected chi connectivity index (χ3v) is 2.20. The molecule has 2 N–H and O–H groups in total. The number of hydrogen-bond donors (Lipinski definition) is 1. The Morgan fingerprint density at radius 2 is 1.84 bits per heavy atom. The quantitative estimate of drug-likeness (QED) is 0.462. The van der Waals surface area contributed by atoms with Gasteiger partial charge in [0, 0.05) is 13.2 Å². The van der Waals surface area contributed by atoms with Crippen LogP contribution >= 0.6 is 0 Å². The largest absolute Gasteiger partial charge is 0.460 e. The van der Waals surface area contributed by atoms with Crippen molar-refractivity contribution in [2.75, 3.05) is 39.3 Å². The van der Waals surface area contributed by atoms with Gasteiger partial charge in [-0.25, -0.2) is 13.6 Å². The topological polar surface area (TPSA) is 70.8 Å². The first-order chi connectivity index (χ1) is 9.06. The fourth-order valence-electron chi connectivity index (χ4n) is 1.23. The van der Waals surface area contributed by atoms with Gasteiger partial charge in [0.2, 0.25) is 0 Å². The molecule has 5 nitrogen and oxygen atoms in total. The van der Waals surface area contributed by atoms with Crippen LogP contribution in [0.4, 0.5) is 14.5 Å². The van der Waals surface area contributed by atoms with E-state index in [1.165, 1.54) is 7.11 Å². The summed E-state index contributed by atoms with van der Waals surface area (Å²) in [6.45, 7) is 0.868. The molecule has 0 aliphatic rings. The van der Waals surface area contributed by atoms with E-state index in [0.29, 0.717) is 19.3 Å². The van der Waals surface area contributed by atoms with Crippen LogP contribution in [0, 0.1) is 11.6 Å². The summed E-state index contributed by atoms with van der Waals surface area (Å²) in [5.41, 5.74) is 4.30. The van der Waals surface area contributed by atoms with Crippen LogP contribution in [0.15, 0.2) is 12.1 Å². The molecule has 1 aromatic carbocycles. The van der Waals surface area contributed by atoms with E-state index in [4.69, 9.17) is 19.9 Å². The zero-order valence-corrected chi connectivity index (χ0v) is 10.4. The van der Waals surface area contributed by atoms with E-state index in [1.54, 1.807) is 0 Å². The van der Waals surface area contributed by atoms with Crippen LogP contribution in [-0.4, -0.2) is 39.5 Å². The average molecular weight is 275 g/mol. The Bertz CT molecular complexity index is 440. The van der Waals surface area contributed by atoms with Gasteiger partial charge in [-0.2, -0.15) is 0 Å². The summed E-state index contributed by atoms with van der Waals surface area (Å²) in [4.78, 5) is 11.5. The molecule has 0 saturated carbocycles. The third-order valence-electron chi connectivity index (χ3n) is 2.20. The average Bonchev–Trinajstić information content (AvgIpc) is 2.37. The fraction of sp³-hybridized carbons (Fsp3) is 0.417. The van der Waals surface area contributed by atoms with Crippen LogP contribution in [0.5, 0.6) is 0 Å². The first-order valence-corrected chi connectivity index (χ1v) is 5.54. The second kappa shape index (κ2) is 7.65. The molecule has 0 bridgehead atoms. The number of halogens is 2. The van der Waals surface area contributed by atoms with E-state index in [1.807, 2.05) is 0 Å². The zero-order chi connectivity index (χ0) is 14.3. The Morgan fingerprint density at radius 1 is 1.16 bits per heavy atom. The van der Waals surface area contributed by atoms with Crippen molar-refractivity contribution in [1.82, 2.24) is 0 Å². The minimum Gasteiger partial charge on any atom is -0.460 e. The van der Waals surface area contributed by atoms with E-state index in [9.17, 15) is 13.6 Å². The lowest BCUT2D eigenvalue weighted by molar-refractivity contribution is 0.0210. The lowest BCUT2D eigenvalue weighted by Crippen LogP contribution is -2.14. The predicted octanol–water partition coefficient (Wildman–Crippen LogP) is 1.37. The van der Waals surface area contributed by atoms with Crippen LogP contribution < -0.4 is 5.73 Å². The molecule has 19 heavy (non-hydrogen) atoms. The van der Waals surface area contributed by atoms with E-state index in [-0.39, 0.29) is 18.9 Å². The van der Waals surface area contributed by atoms with E-state index in [0.717, 1.165) is 6.07 Å². The molecule has 106 valence electrons. The van der Waals surface area contributed by atoms with E-state index < -0.39 is 23.2 Å². The summed E-state index contributed by atoms with van der Waals surface area (Å²) in [7, 11) is 1.53. The number of rotatable bonds is 7. The third kappa shape index (κ3) is 4.80. The molecule has 0 heterocycles. The highest BCUT2D eigenvalue weighted by Gasteiger charge is 2.16. The summed E-state index contributed by atoms with van der Waals surface area (Å²) in [6.07, 6.45) is 0. The molecular formula is C12H15F2NO4. The Balaban J connectivity index is 2.43. The molecule has 7 heteroatoms. The maximum absolute atomic E-state index is 13.4. The number of ether oxygens (including phenoxy) is 3. The van der Waals surface area contributed by atoms with Crippen molar-refractivity contribution in [3.63, 3.8) is 0 Å². The van der Waals surface area contributed by atoms with Gasteiger partial charge in [-0.15, -0.1) is 0 Å². The second-order valence-electron chi connectivity index (χ2n) is 3.59. The SMILES string of the molecule is COCCOCCOC(=O)c1cc(F)c(N)cc1F. The molecular weight excluding hydrogens is 260 g/mol. The lowest BCUT2D eigenvalue weighted by Gasteiger charge is -2.07. The number of benzene rings is 1. The number of anilines is 1. The maximum atomic E-state index is 13.4. The zero-order valence-electron chi connectivity index (χ0n) is 10.4. The summed E-state index contributed by atoms with van der Waals surface area (Å²) < 4.78 is 41.0. The van der Waals surface area contributed by atoms with Crippen molar-refractivity contribution in [2.45, 2.75) is 0 Å². The van der Waals surface area contributed by atoms with Crippen molar-refractivity contribution < 1.29 is 27.8 Å². The van der Waals surface area contributed by atoms with Crippen molar-refractivity contribution in [1.29, 1.82) is 0 Å². The number of esters is 1. The highest BCUT2D eigenvalue weighted by Crippen LogP contribution is 2.17. The standard InChI is InChI=1S/C12H15F2NO4/c1-17-2-3-18-4-5-19-12(16)8-6-10(14)11(15)7-9(8)13/h6-7H,2-5,15H2,1H3. The van der Waals surface area contributed by atoms with Crippen LogP contribution in [-0.2, 0) is 14.2 Å². The first-order valence-electron chi connectivity index (χ1n) is 5.54. The van der Waals surface area contributed by atoms with Gasteiger partial charge in [-0.05, 0) is 6.07 Å². The van der Waals surface area contributed by atoms with Gasteiger partial charge in [0.05, 0.1) is 31.1 Å². The Labute approximate surface area is 109 Å². The Morgan fingerprint density at radius 3 is 2.53 bits per heavy atom. The lowest BCUT2D eigenvalue weighted by atomic mass is 10.2. The monoisotopic (exact) mass is 275 g/mol. The number of nitrogen functional groups attached to an aromatic ring is 1. The van der Waals surface area contributed by atoms with Gasteiger partial charge in [0.25, 0.3) is 0 Å². The highest BCUT2D eigenvalue weighted by atomic mass is 19.1. The van der Waals surface area contributed by atoms with Gasteiger partial charge in [0.1, 0.15) is 18.2 Å². The van der Waals surface area contributed by atoms with Crippen molar-refractivity contribution in [3.8, 4) is 0 Å². The first kappa shape index (κ1) is 15.3. The number of carbonyl (C=O) groups is 1. The Hall–Kier alpha value is -1.73. The molecule has 0 aromatic heterocycles. The number of carbonyl (C=O) groups excluding carboxylic acids is 1. The predicted molar refractivity (Wildman–Crippen MR) is 63.7 cm³/mol. The number of nitrogens with two attached hydrogens (primary N) is 1. The molecule has 1 aromatic rings. The maximum Gasteiger partial charge on any atom is 0.341 e. The minimum absolute atomic E-state index is 0.0615. The van der Waals surface area contributed by atoms with Crippen LogP contribution in [0.25, 0.3) is 0 Å². The summed E-state index contributed by atoms with van der Waals surface area (Å²) in [5, 5.41) is 0. The molecule has 0 atom stereocenters. The van der Waals surface area contributed by atoms with Gasteiger partial charge < -0.3 is 19.9 Å². The number of methoxy groups -OCH3 is 1. The van der Waals surface area contributed by atoms with Crippen molar-refractivity contribution in [3.05, 3.63) is 29.3 Å². The van der Waals surface area contributed by atoms with Crippen molar-refractivity contribution >= 4 is 11.7 Å². The smallest absolute Gasteiger partial charge is 0.341 e. The van der Waals surface area contributed by atoms with Crippen molar-refractivity contribution in [2.24, 2.45) is 0 Å². The molecule has 0 spiro atoms. The molecule has 0 fully saturated rings. The second-order valence-corrected chi connectivity index (χ2v) is 3.59. The Kier molecular flexibility index (Phi) is 6.17. The number of hydrogen-bond acceptors (Lipinski definition) is 5. The minimum atomic E-state index is -0.966. The molecule has 0 unspecified atom stereocenters. The molecule has 1 rings (SSSR count). The molecule has 0 amide bonds. The van der Waals surface area contributed by atoms with Gasteiger partial charge in [-0.1, -0.05) is 0 Å². The van der Waals surface area contributed by atoms with Crippen LogP contribution in [0.3, 0.4) is 0 Å². The van der Waals surface area contributed by atoms with E-state index >= 15 is 0 Å².